The third-order valence-electron chi connectivity index (χ3n) is 2.71. The molecule has 0 saturated carbocycles. The van der Waals surface area contributed by atoms with Gasteiger partial charge in [0, 0.05) is 20.1 Å². The van der Waals surface area contributed by atoms with E-state index in [-0.39, 0.29) is 11.3 Å². The number of aromatic nitrogens is 1. The first-order valence-electron chi connectivity index (χ1n) is 6.42. The Morgan fingerprint density at radius 2 is 2.05 bits per heavy atom. The monoisotopic (exact) mass is 264 g/mol. The highest BCUT2D eigenvalue weighted by molar-refractivity contribution is 5.92. The lowest BCUT2D eigenvalue weighted by molar-refractivity contribution is 0.0924. The molecule has 0 radical (unpaired) electrons. The van der Waals surface area contributed by atoms with Crippen molar-refractivity contribution >= 4 is 11.7 Å². The highest BCUT2D eigenvalue weighted by atomic mass is 16.1. The van der Waals surface area contributed by atoms with Gasteiger partial charge in [0.05, 0.1) is 0 Å². The summed E-state index contributed by atoms with van der Waals surface area (Å²) in [6, 6.07) is 5.36. The van der Waals surface area contributed by atoms with E-state index in [4.69, 9.17) is 0 Å². The van der Waals surface area contributed by atoms with Crippen molar-refractivity contribution in [2.45, 2.75) is 13.8 Å². The van der Waals surface area contributed by atoms with Gasteiger partial charge in [-0.05, 0) is 31.6 Å². The number of pyridine rings is 1. The molecule has 0 aromatic carbocycles. The van der Waals surface area contributed by atoms with Gasteiger partial charge in [-0.15, -0.1) is 0 Å². The van der Waals surface area contributed by atoms with Crippen molar-refractivity contribution < 1.29 is 4.79 Å². The second kappa shape index (κ2) is 6.52. The predicted molar refractivity (Wildman–Crippen MR) is 78.5 cm³/mol. The minimum atomic E-state index is -0.135. The number of hydrogen-bond donors (Lipinski definition) is 2. The van der Waals surface area contributed by atoms with Crippen LogP contribution in [0.15, 0.2) is 18.2 Å². The lowest BCUT2D eigenvalue weighted by Gasteiger charge is -2.28. The molecule has 0 unspecified atom stereocenters. The summed E-state index contributed by atoms with van der Waals surface area (Å²) in [6.07, 6.45) is 0. The van der Waals surface area contributed by atoms with Gasteiger partial charge in [0.1, 0.15) is 11.5 Å². The zero-order valence-electron chi connectivity index (χ0n) is 12.4. The van der Waals surface area contributed by atoms with E-state index in [9.17, 15) is 4.79 Å². The van der Waals surface area contributed by atoms with Crippen LogP contribution in [0.3, 0.4) is 0 Å². The van der Waals surface area contributed by atoms with Crippen LogP contribution in [0.4, 0.5) is 5.82 Å². The summed E-state index contributed by atoms with van der Waals surface area (Å²) in [7, 11) is 5.84. The molecule has 0 aliphatic heterocycles. The van der Waals surface area contributed by atoms with E-state index < -0.39 is 0 Å². The van der Waals surface area contributed by atoms with Gasteiger partial charge in [-0.2, -0.15) is 0 Å². The molecule has 5 heteroatoms. The lowest BCUT2D eigenvalue weighted by atomic mass is 9.93. The molecule has 19 heavy (non-hydrogen) atoms. The maximum Gasteiger partial charge on any atom is 0.269 e. The largest absolute Gasteiger partial charge is 0.373 e. The third kappa shape index (κ3) is 5.26. The molecule has 0 bridgehead atoms. The number of anilines is 1. The molecule has 2 N–H and O–H groups in total. The highest BCUT2D eigenvalue weighted by Crippen LogP contribution is 2.14. The molecular formula is C14H24N4O. The fourth-order valence-corrected chi connectivity index (χ4v) is 2.02. The summed E-state index contributed by atoms with van der Waals surface area (Å²) in [4.78, 5) is 18.4. The average molecular weight is 264 g/mol. The molecule has 1 amide bonds. The summed E-state index contributed by atoms with van der Waals surface area (Å²) >= 11 is 0. The zero-order chi connectivity index (χ0) is 14.5. The van der Waals surface area contributed by atoms with E-state index in [0.717, 1.165) is 6.54 Å². The second-order valence-electron chi connectivity index (χ2n) is 5.74. The standard InChI is InChI=1S/C14H24N4O/c1-14(2,10-18(4)5)9-16-13(19)11-7-6-8-12(15-3)17-11/h6-8H,9-10H2,1-5H3,(H,15,17)(H,16,19). The molecule has 106 valence electrons. The molecule has 0 fully saturated rings. The minimum absolute atomic E-state index is 0.0276. The molecule has 1 aromatic heterocycles. The van der Waals surface area contributed by atoms with E-state index in [1.807, 2.05) is 26.2 Å². The van der Waals surface area contributed by atoms with Crippen LogP contribution >= 0.6 is 0 Å². The van der Waals surface area contributed by atoms with Gasteiger partial charge in [-0.25, -0.2) is 4.98 Å². The summed E-state index contributed by atoms with van der Waals surface area (Å²) in [5.41, 5.74) is 0.465. The SMILES string of the molecule is CNc1cccc(C(=O)NCC(C)(C)CN(C)C)n1. The average Bonchev–Trinajstić information content (AvgIpc) is 2.34. The number of nitrogens with zero attached hydrogens (tertiary/aromatic N) is 2. The van der Waals surface area contributed by atoms with Crippen LogP contribution < -0.4 is 10.6 Å². The molecule has 1 heterocycles. The number of carbonyl (C=O) groups is 1. The van der Waals surface area contributed by atoms with Crippen molar-refractivity contribution in [3.63, 3.8) is 0 Å². The maximum absolute atomic E-state index is 12.0. The Bertz CT molecular complexity index is 429. The summed E-state index contributed by atoms with van der Waals surface area (Å²) in [6.45, 7) is 5.79. The van der Waals surface area contributed by atoms with Crippen LogP contribution in [0.5, 0.6) is 0 Å². The van der Waals surface area contributed by atoms with Crippen molar-refractivity contribution in [3.05, 3.63) is 23.9 Å². The van der Waals surface area contributed by atoms with Gasteiger partial charge in [0.25, 0.3) is 5.91 Å². The summed E-state index contributed by atoms with van der Waals surface area (Å²) < 4.78 is 0. The first-order valence-corrected chi connectivity index (χ1v) is 6.42. The quantitative estimate of drug-likeness (QED) is 0.816. The van der Waals surface area contributed by atoms with E-state index in [1.165, 1.54) is 0 Å². The molecule has 0 aliphatic carbocycles. The van der Waals surface area contributed by atoms with Gasteiger partial charge in [0.15, 0.2) is 0 Å². The minimum Gasteiger partial charge on any atom is -0.373 e. The molecule has 0 saturated heterocycles. The second-order valence-corrected chi connectivity index (χ2v) is 5.74. The molecule has 1 rings (SSSR count). The number of rotatable bonds is 6. The Balaban J connectivity index is 2.60. The van der Waals surface area contributed by atoms with Crippen LogP contribution in [0.2, 0.25) is 0 Å². The highest BCUT2D eigenvalue weighted by Gasteiger charge is 2.20. The van der Waals surface area contributed by atoms with Crippen LogP contribution in [0.25, 0.3) is 0 Å². The Morgan fingerprint density at radius 1 is 1.37 bits per heavy atom. The van der Waals surface area contributed by atoms with Crippen LogP contribution in [0.1, 0.15) is 24.3 Å². The first kappa shape index (κ1) is 15.4. The smallest absolute Gasteiger partial charge is 0.269 e. The fraction of sp³-hybridized carbons (Fsp3) is 0.571. The van der Waals surface area contributed by atoms with Crippen molar-refractivity contribution in [1.82, 2.24) is 15.2 Å². The van der Waals surface area contributed by atoms with E-state index in [2.05, 4.69) is 34.4 Å². The van der Waals surface area contributed by atoms with Gasteiger partial charge in [0.2, 0.25) is 0 Å². The molecule has 5 nitrogen and oxygen atoms in total. The lowest BCUT2D eigenvalue weighted by Crippen LogP contribution is -2.40. The maximum atomic E-state index is 12.0. The van der Waals surface area contributed by atoms with Crippen LogP contribution in [0, 0.1) is 5.41 Å². The first-order chi connectivity index (χ1) is 8.84. The van der Waals surface area contributed by atoms with E-state index >= 15 is 0 Å². The third-order valence-corrected chi connectivity index (χ3v) is 2.71. The Labute approximate surface area is 115 Å². The van der Waals surface area contributed by atoms with E-state index in [1.54, 1.807) is 13.1 Å². The molecule has 1 aromatic rings. The molecule has 0 aliphatic rings. The van der Waals surface area contributed by atoms with Crippen molar-refractivity contribution in [3.8, 4) is 0 Å². The summed E-state index contributed by atoms with van der Waals surface area (Å²) in [5.74, 6) is 0.559. The number of carbonyl (C=O) groups excluding carboxylic acids is 1. The predicted octanol–water partition coefficient (Wildman–Crippen LogP) is 1.44. The van der Waals surface area contributed by atoms with Gasteiger partial charge in [-0.3, -0.25) is 4.79 Å². The number of hydrogen-bond acceptors (Lipinski definition) is 4. The van der Waals surface area contributed by atoms with Gasteiger partial charge >= 0.3 is 0 Å². The summed E-state index contributed by atoms with van der Waals surface area (Å²) in [5, 5.41) is 5.86. The Hall–Kier alpha value is -1.62. The van der Waals surface area contributed by atoms with Crippen molar-refractivity contribution in [2.24, 2.45) is 5.41 Å². The van der Waals surface area contributed by atoms with Crippen LogP contribution in [-0.2, 0) is 0 Å². The molecule has 0 atom stereocenters. The topological polar surface area (TPSA) is 57.3 Å². The van der Waals surface area contributed by atoms with E-state index in [0.29, 0.717) is 18.1 Å². The number of nitrogens with one attached hydrogen (secondary N) is 2. The van der Waals surface area contributed by atoms with Gasteiger partial charge < -0.3 is 15.5 Å². The fourth-order valence-electron chi connectivity index (χ4n) is 2.02. The van der Waals surface area contributed by atoms with Gasteiger partial charge in [-0.1, -0.05) is 19.9 Å². The molecular weight excluding hydrogens is 240 g/mol. The zero-order valence-corrected chi connectivity index (χ0v) is 12.4. The Kier molecular flexibility index (Phi) is 5.30. The van der Waals surface area contributed by atoms with Crippen molar-refractivity contribution in [2.75, 3.05) is 39.5 Å². The molecule has 0 spiro atoms. The Morgan fingerprint density at radius 3 is 2.63 bits per heavy atom. The van der Waals surface area contributed by atoms with Crippen molar-refractivity contribution in [1.29, 1.82) is 0 Å². The number of amides is 1. The normalized spacial score (nSPS) is 11.5. The van der Waals surface area contributed by atoms with Crippen LogP contribution in [-0.4, -0.2) is 50.0 Å².